The Hall–Kier alpha value is -3.93. The molecule has 47 heavy (non-hydrogen) atoms. The van der Waals surface area contributed by atoms with Gasteiger partial charge in [-0.3, -0.25) is 19.3 Å². The maximum atomic E-state index is 14.2. The second-order valence-corrected chi connectivity index (χ2v) is 13.5. The van der Waals surface area contributed by atoms with Gasteiger partial charge in [-0.15, -0.1) is 0 Å². The second kappa shape index (κ2) is 17.8. The zero-order valence-corrected chi connectivity index (χ0v) is 28.0. The first-order chi connectivity index (χ1) is 22.6. The number of aromatic nitrogens is 2. The fraction of sp³-hybridized carbons (Fsp3) is 0.629. The van der Waals surface area contributed by atoms with E-state index in [1.54, 1.807) is 6.20 Å². The van der Waals surface area contributed by atoms with Crippen molar-refractivity contribution in [2.75, 3.05) is 26.7 Å². The number of aliphatic hydroxyl groups excluding tert-OH is 1. The van der Waals surface area contributed by atoms with Crippen molar-refractivity contribution in [1.29, 1.82) is 0 Å². The molecule has 4 rings (SSSR count). The molecule has 4 atom stereocenters. The van der Waals surface area contributed by atoms with Crippen molar-refractivity contribution in [1.82, 2.24) is 30.4 Å². The standard InChI is InChI=1S/C35H52N6O6/c1-24(2)14-15-30(42)28(18-25-10-6-4-7-11-25)39-33(44)29(20-27-21-36-23-38-27)40(3)34(45)31(19-26-12-8-5-9-13-26)47-35(46)41-17-16-37-32(43)22-41/h5,8-9,12-13,21,23-25,28-31,42H,4,6-7,10-11,14-20,22H2,1-3H3,(H,36,38)(H,37,43)(H,39,44)/t28-,29-,30-,31-/m0/s1. The molecule has 258 valence electrons. The minimum absolute atomic E-state index is 0.0897. The normalized spacial score (nSPS) is 18.1. The quantitative estimate of drug-likeness (QED) is 0.230. The van der Waals surface area contributed by atoms with Crippen molar-refractivity contribution in [2.24, 2.45) is 11.8 Å². The van der Waals surface area contributed by atoms with Gasteiger partial charge in [-0.2, -0.15) is 0 Å². The fourth-order valence-corrected chi connectivity index (χ4v) is 6.47. The number of likely N-dealkylation sites (N-methyl/N-ethyl adjacent to an activating group) is 1. The lowest BCUT2D eigenvalue weighted by atomic mass is 9.83. The SMILES string of the molecule is CC(C)CC[C@H](O)[C@H](CC1CCCCC1)NC(=O)[C@H](Cc1cnc[nH]1)N(C)C(=O)[C@H](Cc1ccccc1)OC(=O)N1CCNC(=O)C1. The van der Waals surface area contributed by atoms with Crippen molar-refractivity contribution in [2.45, 2.75) is 102 Å². The Labute approximate surface area is 278 Å². The molecule has 1 aromatic heterocycles. The van der Waals surface area contributed by atoms with Crippen LogP contribution in [0.2, 0.25) is 0 Å². The lowest BCUT2D eigenvalue weighted by Gasteiger charge is -2.35. The number of imidazole rings is 1. The second-order valence-electron chi connectivity index (χ2n) is 13.5. The Bertz CT molecular complexity index is 1280. The molecule has 4 N–H and O–H groups in total. The molecule has 4 amide bonds. The number of H-pyrrole nitrogens is 1. The summed E-state index contributed by atoms with van der Waals surface area (Å²) in [5.41, 5.74) is 1.43. The zero-order valence-electron chi connectivity index (χ0n) is 28.0. The summed E-state index contributed by atoms with van der Waals surface area (Å²) >= 11 is 0. The lowest BCUT2D eigenvalue weighted by Crippen LogP contribution is -2.57. The summed E-state index contributed by atoms with van der Waals surface area (Å²) < 4.78 is 5.79. The number of amides is 4. The average Bonchev–Trinajstić information content (AvgIpc) is 3.59. The molecule has 0 bridgehead atoms. The Morgan fingerprint density at radius 3 is 2.51 bits per heavy atom. The van der Waals surface area contributed by atoms with Crippen LogP contribution >= 0.6 is 0 Å². The van der Waals surface area contributed by atoms with E-state index < -0.39 is 42.2 Å². The first-order valence-electron chi connectivity index (χ1n) is 17.1. The van der Waals surface area contributed by atoms with E-state index in [2.05, 4.69) is 34.4 Å². The molecule has 12 heteroatoms. The lowest BCUT2D eigenvalue weighted by molar-refractivity contribution is -0.146. The number of benzene rings is 1. The van der Waals surface area contributed by atoms with Crippen LogP contribution in [0, 0.1) is 11.8 Å². The number of carbonyl (C=O) groups is 4. The summed E-state index contributed by atoms with van der Waals surface area (Å²) in [5.74, 6) is -0.411. The molecule has 2 aliphatic rings. The summed E-state index contributed by atoms with van der Waals surface area (Å²) in [6, 6.07) is 7.77. The highest BCUT2D eigenvalue weighted by molar-refractivity contribution is 5.91. The van der Waals surface area contributed by atoms with Gasteiger partial charge in [0.15, 0.2) is 6.10 Å². The number of hydrogen-bond acceptors (Lipinski definition) is 7. The number of hydrogen-bond donors (Lipinski definition) is 4. The van der Waals surface area contributed by atoms with Gasteiger partial charge in [-0.1, -0.05) is 76.3 Å². The largest absolute Gasteiger partial charge is 0.436 e. The minimum atomic E-state index is -1.24. The van der Waals surface area contributed by atoms with E-state index in [0.29, 0.717) is 36.9 Å². The van der Waals surface area contributed by atoms with Crippen molar-refractivity contribution in [3.05, 3.63) is 54.1 Å². The van der Waals surface area contributed by atoms with Gasteiger partial charge in [0.1, 0.15) is 12.6 Å². The highest BCUT2D eigenvalue weighted by Gasteiger charge is 2.37. The van der Waals surface area contributed by atoms with Crippen LogP contribution < -0.4 is 10.6 Å². The number of nitrogens with zero attached hydrogens (tertiary/aromatic N) is 3. The molecule has 2 fully saturated rings. The molecule has 1 aromatic carbocycles. The molecular weight excluding hydrogens is 600 g/mol. The molecule has 0 radical (unpaired) electrons. The molecule has 2 heterocycles. The topological polar surface area (TPSA) is 157 Å². The van der Waals surface area contributed by atoms with Crippen molar-refractivity contribution in [3.8, 4) is 0 Å². The number of rotatable bonds is 15. The maximum Gasteiger partial charge on any atom is 0.411 e. The Morgan fingerprint density at radius 2 is 1.85 bits per heavy atom. The van der Waals surface area contributed by atoms with E-state index >= 15 is 0 Å². The van der Waals surface area contributed by atoms with E-state index in [9.17, 15) is 24.3 Å². The third kappa shape index (κ3) is 11.1. The number of carbonyl (C=O) groups excluding carboxylic acids is 4. The Balaban J connectivity index is 1.56. The first-order valence-corrected chi connectivity index (χ1v) is 17.1. The molecule has 12 nitrogen and oxygen atoms in total. The number of piperazine rings is 1. The summed E-state index contributed by atoms with van der Waals surface area (Å²) in [6.07, 6.45) is 8.37. The van der Waals surface area contributed by atoms with Crippen molar-refractivity contribution >= 4 is 23.8 Å². The summed E-state index contributed by atoms with van der Waals surface area (Å²) in [5, 5.41) is 17.1. The van der Waals surface area contributed by atoms with Gasteiger partial charge in [0.25, 0.3) is 5.91 Å². The van der Waals surface area contributed by atoms with Crippen LogP contribution in [0.5, 0.6) is 0 Å². The van der Waals surface area contributed by atoms with Gasteiger partial charge >= 0.3 is 6.09 Å². The number of ether oxygens (including phenoxy) is 1. The van der Waals surface area contributed by atoms with Crippen LogP contribution in [0.4, 0.5) is 4.79 Å². The minimum Gasteiger partial charge on any atom is -0.436 e. The monoisotopic (exact) mass is 652 g/mol. The van der Waals surface area contributed by atoms with Gasteiger partial charge in [0, 0.05) is 44.9 Å². The third-order valence-electron chi connectivity index (χ3n) is 9.31. The first kappa shape index (κ1) is 35.9. The molecular formula is C35H52N6O6. The van der Waals surface area contributed by atoms with Crippen LogP contribution in [0.15, 0.2) is 42.9 Å². The molecule has 2 aromatic rings. The molecule has 1 saturated heterocycles. The third-order valence-corrected chi connectivity index (χ3v) is 9.31. The van der Waals surface area contributed by atoms with Gasteiger partial charge in [-0.25, -0.2) is 9.78 Å². The van der Waals surface area contributed by atoms with Gasteiger partial charge in [0.2, 0.25) is 11.8 Å². The van der Waals surface area contributed by atoms with Crippen LogP contribution in [-0.2, 0) is 32.0 Å². The molecule has 1 aliphatic heterocycles. The summed E-state index contributed by atoms with van der Waals surface area (Å²) in [7, 11) is 1.54. The fourth-order valence-electron chi connectivity index (χ4n) is 6.47. The highest BCUT2D eigenvalue weighted by atomic mass is 16.6. The highest BCUT2D eigenvalue weighted by Crippen LogP contribution is 2.29. The van der Waals surface area contributed by atoms with Crippen molar-refractivity contribution < 1.29 is 29.0 Å². The van der Waals surface area contributed by atoms with Gasteiger partial charge in [0.05, 0.1) is 18.5 Å². The van der Waals surface area contributed by atoms with E-state index in [-0.39, 0.29) is 31.8 Å². The predicted molar refractivity (Wildman–Crippen MR) is 177 cm³/mol. The Kier molecular flexibility index (Phi) is 13.6. The molecule has 1 saturated carbocycles. The van der Waals surface area contributed by atoms with Gasteiger partial charge in [-0.05, 0) is 36.7 Å². The van der Waals surface area contributed by atoms with E-state index in [4.69, 9.17) is 4.74 Å². The van der Waals surface area contributed by atoms with Crippen LogP contribution in [-0.4, -0.2) is 99.7 Å². The average molecular weight is 653 g/mol. The van der Waals surface area contributed by atoms with E-state index in [1.165, 1.54) is 29.6 Å². The predicted octanol–water partition coefficient (Wildman–Crippen LogP) is 3.21. The van der Waals surface area contributed by atoms with E-state index in [0.717, 1.165) is 37.7 Å². The maximum absolute atomic E-state index is 14.2. The smallest absolute Gasteiger partial charge is 0.411 e. The van der Waals surface area contributed by atoms with Crippen LogP contribution in [0.3, 0.4) is 0 Å². The number of nitrogens with one attached hydrogen (secondary N) is 3. The molecule has 0 spiro atoms. The van der Waals surface area contributed by atoms with E-state index in [1.807, 2.05) is 30.3 Å². The Morgan fingerprint density at radius 1 is 1.11 bits per heavy atom. The van der Waals surface area contributed by atoms with Crippen LogP contribution in [0.1, 0.15) is 76.5 Å². The molecule has 1 aliphatic carbocycles. The molecule has 0 unspecified atom stereocenters. The van der Waals surface area contributed by atoms with Gasteiger partial charge < -0.3 is 30.4 Å². The van der Waals surface area contributed by atoms with Crippen LogP contribution in [0.25, 0.3) is 0 Å². The summed E-state index contributed by atoms with van der Waals surface area (Å²) in [6.45, 7) is 4.62. The number of aromatic amines is 1. The zero-order chi connectivity index (χ0) is 33.8. The number of aliphatic hydroxyl groups is 1. The summed E-state index contributed by atoms with van der Waals surface area (Å²) in [4.78, 5) is 63.3. The van der Waals surface area contributed by atoms with Crippen molar-refractivity contribution in [3.63, 3.8) is 0 Å².